The lowest BCUT2D eigenvalue weighted by atomic mass is 10.1. The molecule has 0 aliphatic heterocycles. The van der Waals surface area contributed by atoms with E-state index in [1.165, 1.54) is 30.5 Å². The number of carbonyl (C=O) groups is 2. The molecule has 0 aliphatic carbocycles. The molecule has 1 heterocycles. The van der Waals surface area contributed by atoms with Gasteiger partial charge in [-0.05, 0) is 50.2 Å². The fourth-order valence-electron chi connectivity index (χ4n) is 2.63. The maximum absolute atomic E-state index is 13.3. The summed E-state index contributed by atoms with van der Waals surface area (Å²) in [7, 11) is 0. The maximum Gasteiger partial charge on any atom is 0.342 e. The molecule has 144 valence electrons. The fraction of sp³-hybridized carbons (Fsp3) is 0.190. The van der Waals surface area contributed by atoms with Crippen molar-refractivity contribution < 1.29 is 18.7 Å². The Bertz CT molecular complexity index is 966. The smallest absolute Gasteiger partial charge is 0.342 e. The quantitative estimate of drug-likeness (QED) is 0.665. The van der Waals surface area contributed by atoms with Crippen molar-refractivity contribution in [3.05, 3.63) is 72.2 Å². The van der Waals surface area contributed by atoms with Gasteiger partial charge in [-0.1, -0.05) is 18.2 Å². The molecule has 0 spiro atoms. The highest BCUT2D eigenvalue weighted by Gasteiger charge is 2.21. The summed E-state index contributed by atoms with van der Waals surface area (Å²) in [6.45, 7) is 3.24. The third-order valence-electron chi connectivity index (χ3n) is 3.86. The van der Waals surface area contributed by atoms with E-state index in [1.807, 2.05) is 44.2 Å². The van der Waals surface area contributed by atoms with E-state index in [-0.39, 0.29) is 23.3 Å². The van der Waals surface area contributed by atoms with Crippen LogP contribution in [0.25, 0.3) is 16.9 Å². The number of hydrogen-bond acceptors (Lipinski definition) is 4. The Morgan fingerprint density at radius 3 is 2.43 bits per heavy atom. The van der Waals surface area contributed by atoms with Crippen molar-refractivity contribution in [2.75, 3.05) is 6.61 Å². The minimum Gasteiger partial charge on any atom is -0.452 e. The number of rotatable bonds is 6. The van der Waals surface area contributed by atoms with Crippen LogP contribution in [0, 0.1) is 5.82 Å². The molecule has 1 amide bonds. The van der Waals surface area contributed by atoms with Crippen molar-refractivity contribution in [2.45, 2.75) is 19.9 Å². The minimum atomic E-state index is -0.680. The second-order valence-corrected chi connectivity index (χ2v) is 6.48. The molecule has 0 saturated heterocycles. The van der Waals surface area contributed by atoms with Gasteiger partial charge < -0.3 is 10.1 Å². The first-order valence-electron chi connectivity index (χ1n) is 8.81. The van der Waals surface area contributed by atoms with E-state index < -0.39 is 12.6 Å². The van der Waals surface area contributed by atoms with Crippen molar-refractivity contribution in [3.63, 3.8) is 0 Å². The van der Waals surface area contributed by atoms with Crippen LogP contribution in [0.3, 0.4) is 0 Å². The second kappa shape index (κ2) is 8.47. The Morgan fingerprint density at radius 2 is 1.79 bits per heavy atom. The molecular weight excluding hydrogens is 361 g/mol. The molecule has 1 N–H and O–H groups in total. The largest absolute Gasteiger partial charge is 0.452 e. The number of nitrogens with one attached hydrogen (secondary N) is 1. The maximum atomic E-state index is 13.3. The van der Waals surface area contributed by atoms with Crippen molar-refractivity contribution in [1.82, 2.24) is 15.1 Å². The van der Waals surface area contributed by atoms with E-state index in [0.29, 0.717) is 11.3 Å². The van der Waals surface area contributed by atoms with Crippen LogP contribution in [-0.2, 0) is 9.53 Å². The molecular formula is C21H20FN3O3. The molecule has 28 heavy (non-hydrogen) atoms. The number of hydrogen-bond donors (Lipinski definition) is 1. The molecule has 0 atom stereocenters. The van der Waals surface area contributed by atoms with Gasteiger partial charge in [0.1, 0.15) is 17.1 Å². The molecule has 1 aromatic heterocycles. The Balaban J connectivity index is 1.91. The topological polar surface area (TPSA) is 73.2 Å². The lowest BCUT2D eigenvalue weighted by molar-refractivity contribution is -0.124. The zero-order valence-electron chi connectivity index (χ0n) is 15.6. The SMILES string of the molecule is CC(C)NC(=O)COC(=O)c1cn(-c2ccccc2)nc1-c1ccc(F)cc1. The van der Waals surface area contributed by atoms with Crippen LogP contribution < -0.4 is 5.32 Å². The number of amides is 1. The molecule has 0 saturated carbocycles. The van der Waals surface area contributed by atoms with Gasteiger partial charge in [0.05, 0.1) is 5.69 Å². The first-order valence-corrected chi connectivity index (χ1v) is 8.81. The summed E-state index contributed by atoms with van der Waals surface area (Å²) in [6.07, 6.45) is 1.54. The molecule has 6 nitrogen and oxygen atoms in total. The van der Waals surface area contributed by atoms with E-state index in [0.717, 1.165) is 5.69 Å². The highest BCUT2D eigenvalue weighted by Crippen LogP contribution is 2.24. The van der Waals surface area contributed by atoms with Crippen molar-refractivity contribution in [1.29, 1.82) is 0 Å². The lowest BCUT2D eigenvalue weighted by Crippen LogP contribution is -2.34. The van der Waals surface area contributed by atoms with E-state index in [4.69, 9.17) is 4.74 Å². The molecule has 0 bridgehead atoms. The van der Waals surface area contributed by atoms with Gasteiger partial charge in [-0.15, -0.1) is 0 Å². The summed E-state index contributed by atoms with van der Waals surface area (Å²) in [4.78, 5) is 24.4. The summed E-state index contributed by atoms with van der Waals surface area (Å²) >= 11 is 0. The number of ether oxygens (including phenoxy) is 1. The number of aromatic nitrogens is 2. The van der Waals surface area contributed by atoms with Crippen LogP contribution in [-0.4, -0.2) is 34.3 Å². The molecule has 2 aromatic carbocycles. The zero-order valence-corrected chi connectivity index (χ0v) is 15.6. The average molecular weight is 381 g/mol. The summed E-state index contributed by atoms with van der Waals surface area (Å²) in [5.74, 6) is -1.46. The number of para-hydroxylation sites is 1. The zero-order chi connectivity index (χ0) is 20.1. The first kappa shape index (κ1) is 19.3. The number of esters is 1. The van der Waals surface area contributed by atoms with Crippen molar-refractivity contribution in [3.8, 4) is 16.9 Å². The van der Waals surface area contributed by atoms with Crippen LogP contribution in [0.5, 0.6) is 0 Å². The first-order chi connectivity index (χ1) is 13.4. The van der Waals surface area contributed by atoms with Crippen LogP contribution in [0.4, 0.5) is 4.39 Å². The number of benzene rings is 2. The average Bonchev–Trinajstić information content (AvgIpc) is 3.12. The molecule has 0 unspecified atom stereocenters. The molecule has 3 aromatic rings. The predicted octanol–water partition coefficient (Wildman–Crippen LogP) is 3.36. The van der Waals surface area contributed by atoms with Crippen molar-refractivity contribution >= 4 is 11.9 Å². The second-order valence-electron chi connectivity index (χ2n) is 6.48. The molecule has 0 fully saturated rings. The van der Waals surface area contributed by atoms with Crippen molar-refractivity contribution in [2.24, 2.45) is 0 Å². The minimum absolute atomic E-state index is 0.0539. The van der Waals surface area contributed by atoms with Gasteiger partial charge in [0.15, 0.2) is 6.61 Å². The summed E-state index contributed by atoms with van der Waals surface area (Å²) in [5, 5.41) is 7.12. The Labute approximate surface area is 161 Å². The van der Waals surface area contributed by atoms with Gasteiger partial charge in [-0.3, -0.25) is 4.79 Å². The van der Waals surface area contributed by atoms with Gasteiger partial charge in [-0.2, -0.15) is 5.10 Å². The van der Waals surface area contributed by atoms with Gasteiger partial charge in [0.2, 0.25) is 0 Å². The van der Waals surface area contributed by atoms with Gasteiger partial charge in [-0.25, -0.2) is 13.9 Å². The van der Waals surface area contributed by atoms with Gasteiger partial charge in [0, 0.05) is 17.8 Å². The van der Waals surface area contributed by atoms with E-state index in [9.17, 15) is 14.0 Å². The Kier molecular flexibility index (Phi) is 5.84. The normalized spacial score (nSPS) is 10.7. The standard InChI is InChI=1S/C21H20FN3O3/c1-14(2)23-19(26)13-28-21(27)18-12-25(17-6-4-3-5-7-17)24-20(18)15-8-10-16(22)11-9-15/h3-12,14H,13H2,1-2H3,(H,23,26). The number of carbonyl (C=O) groups excluding carboxylic acids is 2. The summed E-state index contributed by atoms with van der Waals surface area (Å²) < 4.78 is 20.0. The summed E-state index contributed by atoms with van der Waals surface area (Å²) in [6, 6.07) is 14.9. The number of nitrogens with zero attached hydrogens (tertiary/aromatic N) is 2. The molecule has 7 heteroatoms. The van der Waals surface area contributed by atoms with Crippen LogP contribution in [0.15, 0.2) is 60.8 Å². The van der Waals surface area contributed by atoms with E-state index >= 15 is 0 Å². The third kappa shape index (κ3) is 4.62. The highest BCUT2D eigenvalue weighted by atomic mass is 19.1. The van der Waals surface area contributed by atoms with E-state index in [2.05, 4.69) is 10.4 Å². The van der Waals surface area contributed by atoms with Gasteiger partial charge >= 0.3 is 5.97 Å². The lowest BCUT2D eigenvalue weighted by Gasteiger charge is -2.08. The highest BCUT2D eigenvalue weighted by molar-refractivity contribution is 5.97. The third-order valence-corrected chi connectivity index (χ3v) is 3.86. The van der Waals surface area contributed by atoms with E-state index in [1.54, 1.807) is 4.68 Å². The van der Waals surface area contributed by atoms with Crippen LogP contribution >= 0.6 is 0 Å². The van der Waals surface area contributed by atoms with Crippen LogP contribution in [0.2, 0.25) is 0 Å². The Morgan fingerprint density at radius 1 is 1.11 bits per heavy atom. The fourth-order valence-corrected chi connectivity index (χ4v) is 2.63. The summed E-state index contributed by atoms with van der Waals surface area (Å²) in [5.41, 5.74) is 1.85. The van der Waals surface area contributed by atoms with Crippen LogP contribution in [0.1, 0.15) is 24.2 Å². The predicted molar refractivity (Wildman–Crippen MR) is 103 cm³/mol. The Hall–Kier alpha value is -3.48. The molecule has 0 aliphatic rings. The van der Waals surface area contributed by atoms with Gasteiger partial charge in [0.25, 0.3) is 5.91 Å². The molecule has 0 radical (unpaired) electrons. The monoisotopic (exact) mass is 381 g/mol. The molecule has 3 rings (SSSR count). The number of halogens is 1.